The van der Waals surface area contributed by atoms with Crippen LogP contribution < -0.4 is 0 Å². The first-order chi connectivity index (χ1) is 17.8. The van der Waals surface area contributed by atoms with Gasteiger partial charge in [-0.05, 0) is 92.3 Å². The summed E-state index contributed by atoms with van der Waals surface area (Å²) in [5.41, 5.74) is 3.13. The number of amides is 1. The fourth-order valence-corrected chi connectivity index (χ4v) is 5.93. The Labute approximate surface area is 233 Å². The van der Waals surface area contributed by atoms with Gasteiger partial charge in [0.05, 0.1) is 10.0 Å². The fraction of sp³-hybridized carbons (Fsp3) is 0.367. The minimum atomic E-state index is -0.941. The van der Waals surface area contributed by atoms with Crippen molar-refractivity contribution in [3.8, 4) is 0 Å². The van der Waals surface area contributed by atoms with E-state index in [-0.39, 0.29) is 11.8 Å². The Morgan fingerprint density at radius 1 is 1.00 bits per heavy atom. The van der Waals surface area contributed by atoms with Gasteiger partial charge in [0, 0.05) is 47.0 Å². The van der Waals surface area contributed by atoms with Gasteiger partial charge in [-0.15, -0.1) is 0 Å². The summed E-state index contributed by atoms with van der Waals surface area (Å²) >= 11 is 12.6. The smallest absolute Gasteiger partial charge is 0.253 e. The summed E-state index contributed by atoms with van der Waals surface area (Å²) in [7, 11) is 0.925. The number of piperidine rings is 1. The third-order valence-corrected chi connectivity index (χ3v) is 9.02. The van der Waals surface area contributed by atoms with Crippen molar-refractivity contribution in [3.63, 3.8) is 0 Å². The molecule has 2 atom stereocenters. The summed E-state index contributed by atoms with van der Waals surface area (Å²) in [4.78, 5) is 18.2. The lowest BCUT2D eigenvalue weighted by Crippen LogP contribution is -2.36. The number of carbonyl (C=O) groups is 1. The molecule has 1 aliphatic heterocycles. The number of nitrogens with zero attached hydrogens (tertiary/aromatic N) is 2. The van der Waals surface area contributed by atoms with E-state index in [0.717, 1.165) is 49.4 Å². The largest absolute Gasteiger partial charge is 0.341 e. The molecule has 4 nitrogen and oxygen atoms in total. The van der Waals surface area contributed by atoms with Crippen LogP contribution in [0.25, 0.3) is 0 Å². The normalized spacial score (nSPS) is 16.3. The second kappa shape index (κ2) is 13.1. The zero-order valence-corrected chi connectivity index (χ0v) is 23.7. The number of hydrogen-bond donors (Lipinski definition) is 0. The van der Waals surface area contributed by atoms with Gasteiger partial charge in [0.1, 0.15) is 0 Å². The van der Waals surface area contributed by atoms with Crippen molar-refractivity contribution < 1.29 is 9.00 Å². The molecular formula is C30H34Cl2N2O2S. The van der Waals surface area contributed by atoms with Crippen LogP contribution in [0.5, 0.6) is 0 Å². The summed E-state index contributed by atoms with van der Waals surface area (Å²) < 4.78 is 11.7. The molecule has 3 aromatic rings. The lowest BCUT2D eigenvalue weighted by molar-refractivity contribution is 0.0781. The van der Waals surface area contributed by atoms with Crippen LogP contribution >= 0.6 is 23.2 Å². The summed E-state index contributed by atoms with van der Waals surface area (Å²) in [6.45, 7) is 3.64. The summed E-state index contributed by atoms with van der Waals surface area (Å²) in [5.74, 6) is 0.702. The fourth-order valence-electron chi connectivity index (χ4n) is 5.10. The first kappa shape index (κ1) is 27.8. The Hall–Kier alpha value is -2.18. The zero-order valence-electron chi connectivity index (χ0n) is 21.4. The molecule has 0 spiro atoms. The Balaban J connectivity index is 1.38. The average molecular weight is 558 g/mol. The predicted molar refractivity (Wildman–Crippen MR) is 154 cm³/mol. The highest BCUT2D eigenvalue weighted by molar-refractivity contribution is 7.84. The average Bonchev–Trinajstić information content (AvgIpc) is 2.93. The minimum Gasteiger partial charge on any atom is -0.341 e. The van der Waals surface area contributed by atoms with Crippen molar-refractivity contribution in [2.24, 2.45) is 0 Å². The molecule has 1 amide bonds. The van der Waals surface area contributed by atoms with Gasteiger partial charge in [0.2, 0.25) is 0 Å². The summed E-state index contributed by atoms with van der Waals surface area (Å²) in [6, 6.07) is 23.5. The lowest BCUT2D eigenvalue weighted by atomic mass is 9.89. The van der Waals surface area contributed by atoms with Gasteiger partial charge in [0.25, 0.3) is 5.91 Å². The van der Waals surface area contributed by atoms with E-state index in [1.54, 1.807) is 6.26 Å². The van der Waals surface area contributed by atoms with E-state index in [0.29, 0.717) is 28.1 Å². The molecule has 1 unspecified atom stereocenters. The number of rotatable bonds is 9. The molecule has 37 heavy (non-hydrogen) atoms. The summed E-state index contributed by atoms with van der Waals surface area (Å²) in [6.07, 6.45) is 4.86. The van der Waals surface area contributed by atoms with Gasteiger partial charge in [-0.3, -0.25) is 9.00 Å². The van der Waals surface area contributed by atoms with Crippen LogP contribution in [0.2, 0.25) is 10.0 Å². The van der Waals surface area contributed by atoms with Crippen LogP contribution in [0.1, 0.15) is 52.6 Å². The van der Waals surface area contributed by atoms with E-state index in [4.69, 9.17) is 23.2 Å². The van der Waals surface area contributed by atoms with Crippen molar-refractivity contribution in [1.29, 1.82) is 0 Å². The van der Waals surface area contributed by atoms with Crippen molar-refractivity contribution >= 4 is 39.9 Å². The molecular weight excluding hydrogens is 523 g/mol. The van der Waals surface area contributed by atoms with Crippen LogP contribution in [-0.2, 0) is 10.8 Å². The molecule has 196 valence electrons. The molecule has 1 saturated heterocycles. The SMILES string of the molecule is CN(C[C@@H](CCN1CCC(c2ccc(S(C)=O)cc2)CC1)c1ccc(Cl)c(Cl)c1)C(=O)c1ccccc1. The molecule has 0 bridgehead atoms. The Morgan fingerprint density at radius 2 is 1.68 bits per heavy atom. The molecule has 0 aliphatic carbocycles. The number of carbonyl (C=O) groups excluding carboxylic acids is 1. The highest BCUT2D eigenvalue weighted by Gasteiger charge is 2.24. The van der Waals surface area contributed by atoms with E-state index in [1.165, 1.54) is 5.56 Å². The maximum Gasteiger partial charge on any atom is 0.253 e. The monoisotopic (exact) mass is 556 g/mol. The Kier molecular flexibility index (Phi) is 9.83. The van der Waals surface area contributed by atoms with Gasteiger partial charge in [-0.25, -0.2) is 0 Å². The topological polar surface area (TPSA) is 40.6 Å². The Morgan fingerprint density at radius 3 is 2.30 bits per heavy atom. The second-order valence-corrected chi connectivity index (χ2v) is 12.0. The third kappa shape index (κ3) is 7.44. The highest BCUT2D eigenvalue weighted by Crippen LogP contribution is 2.31. The molecule has 3 aromatic carbocycles. The van der Waals surface area contributed by atoms with Crippen LogP contribution in [-0.4, -0.2) is 59.4 Å². The van der Waals surface area contributed by atoms with E-state index in [2.05, 4.69) is 17.0 Å². The van der Waals surface area contributed by atoms with Gasteiger partial charge in [0.15, 0.2) is 0 Å². The molecule has 4 rings (SSSR count). The first-order valence-electron chi connectivity index (χ1n) is 12.7. The third-order valence-electron chi connectivity index (χ3n) is 7.34. The molecule has 1 heterocycles. The second-order valence-electron chi connectivity index (χ2n) is 9.85. The van der Waals surface area contributed by atoms with Crippen molar-refractivity contribution in [1.82, 2.24) is 9.80 Å². The van der Waals surface area contributed by atoms with Crippen molar-refractivity contribution in [2.45, 2.75) is 36.0 Å². The van der Waals surface area contributed by atoms with Gasteiger partial charge >= 0.3 is 0 Å². The number of benzene rings is 3. The number of halogens is 2. The van der Waals surface area contributed by atoms with Gasteiger partial charge < -0.3 is 9.80 Å². The van der Waals surface area contributed by atoms with Crippen LogP contribution in [0.15, 0.2) is 77.7 Å². The molecule has 0 saturated carbocycles. The maximum absolute atomic E-state index is 13.0. The molecule has 0 radical (unpaired) electrons. The van der Waals surface area contributed by atoms with Crippen LogP contribution in [0, 0.1) is 0 Å². The standard InChI is InChI=1S/C30H34Cl2N2O2S/c1-33(30(35)24-6-4-3-5-7-24)21-26(25-10-13-28(31)29(32)20-25)16-19-34-17-14-23(15-18-34)22-8-11-27(12-9-22)37(2)36/h3-13,20,23,26H,14-19,21H2,1-2H3/t26-,37?/m1/s1. The van der Waals surface area contributed by atoms with E-state index < -0.39 is 10.8 Å². The van der Waals surface area contributed by atoms with E-state index >= 15 is 0 Å². The minimum absolute atomic E-state index is 0.0180. The zero-order chi connectivity index (χ0) is 26.4. The van der Waals surface area contributed by atoms with Gasteiger partial charge in [-0.1, -0.05) is 59.6 Å². The predicted octanol–water partition coefficient (Wildman–Crippen LogP) is 6.86. The number of likely N-dealkylation sites (tertiary alicyclic amines) is 1. The van der Waals surface area contributed by atoms with E-state index in [1.807, 2.05) is 72.6 Å². The van der Waals surface area contributed by atoms with Crippen molar-refractivity contribution in [3.05, 3.63) is 99.5 Å². The molecule has 7 heteroatoms. The van der Waals surface area contributed by atoms with Gasteiger partial charge in [-0.2, -0.15) is 0 Å². The quantitative estimate of drug-likeness (QED) is 0.289. The molecule has 0 N–H and O–H groups in total. The Bertz CT molecular complexity index is 1210. The maximum atomic E-state index is 13.0. The van der Waals surface area contributed by atoms with Crippen LogP contribution in [0.4, 0.5) is 0 Å². The number of hydrogen-bond acceptors (Lipinski definition) is 3. The first-order valence-corrected chi connectivity index (χ1v) is 15.0. The molecule has 1 aliphatic rings. The number of likely N-dealkylation sites (N-methyl/N-ethyl adjacent to an activating group) is 1. The lowest BCUT2D eigenvalue weighted by Gasteiger charge is -2.34. The highest BCUT2D eigenvalue weighted by atomic mass is 35.5. The van der Waals surface area contributed by atoms with Crippen molar-refractivity contribution in [2.75, 3.05) is 39.5 Å². The van der Waals surface area contributed by atoms with E-state index in [9.17, 15) is 9.00 Å². The molecule has 1 fully saturated rings. The summed E-state index contributed by atoms with van der Waals surface area (Å²) in [5, 5.41) is 1.08. The van der Waals surface area contributed by atoms with Crippen LogP contribution in [0.3, 0.4) is 0 Å². The molecule has 0 aromatic heterocycles.